The standard InChI is InChI=1S/C14H23N5O/c1-14(4-2-3-5-15-14)13-16-12(17-20-13)11-10-18-6-8-19(11)9-7-18/h11,15H,2-10H2,1H3. The van der Waals surface area contributed by atoms with Crippen molar-refractivity contribution in [2.24, 2.45) is 0 Å². The van der Waals surface area contributed by atoms with Crippen LogP contribution in [0.15, 0.2) is 4.52 Å². The Bertz CT molecular complexity index is 474. The summed E-state index contributed by atoms with van der Waals surface area (Å²) in [5.41, 5.74) is -0.132. The van der Waals surface area contributed by atoms with Gasteiger partial charge in [-0.3, -0.25) is 9.80 Å². The van der Waals surface area contributed by atoms with Gasteiger partial charge in [0.15, 0.2) is 5.82 Å². The minimum Gasteiger partial charge on any atom is -0.337 e. The van der Waals surface area contributed by atoms with Crippen LogP contribution < -0.4 is 5.32 Å². The molecule has 0 aliphatic carbocycles. The smallest absolute Gasteiger partial charge is 0.246 e. The normalized spacial score (nSPS) is 41.0. The Hall–Kier alpha value is -0.980. The van der Waals surface area contributed by atoms with Gasteiger partial charge in [0.05, 0.1) is 11.6 Å². The number of rotatable bonds is 2. The molecule has 4 aliphatic heterocycles. The van der Waals surface area contributed by atoms with Gasteiger partial charge in [-0.05, 0) is 32.7 Å². The maximum Gasteiger partial charge on any atom is 0.246 e. The summed E-state index contributed by atoms with van der Waals surface area (Å²) in [4.78, 5) is 9.73. The van der Waals surface area contributed by atoms with E-state index >= 15 is 0 Å². The van der Waals surface area contributed by atoms with E-state index < -0.39 is 0 Å². The Morgan fingerprint density at radius 1 is 1.25 bits per heavy atom. The Kier molecular flexibility index (Phi) is 3.05. The van der Waals surface area contributed by atoms with Crippen LogP contribution in [0.1, 0.15) is 43.9 Å². The summed E-state index contributed by atoms with van der Waals surface area (Å²) in [7, 11) is 0. The van der Waals surface area contributed by atoms with Crippen LogP contribution in [-0.4, -0.2) is 59.2 Å². The molecule has 20 heavy (non-hydrogen) atoms. The van der Waals surface area contributed by atoms with Crippen molar-refractivity contribution in [2.75, 3.05) is 39.3 Å². The van der Waals surface area contributed by atoms with Gasteiger partial charge in [0.2, 0.25) is 5.89 Å². The molecule has 5 heterocycles. The third kappa shape index (κ3) is 2.06. The molecular weight excluding hydrogens is 254 g/mol. The first kappa shape index (κ1) is 12.7. The molecule has 0 radical (unpaired) electrons. The summed E-state index contributed by atoms with van der Waals surface area (Å²) in [6.07, 6.45) is 3.54. The van der Waals surface area contributed by atoms with Gasteiger partial charge in [0.25, 0.3) is 0 Å². The number of aromatic nitrogens is 2. The molecule has 2 unspecified atom stereocenters. The quantitative estimate of drug-likeness (QED) is 0.860. The number of piperidine rings is 1. The fourth-order valence-corrected chi connectivity index (χ4v) is 3.70. The van der Waals surface area contributed by atoms with Crippen molar-refractivity contribution in [3.63, 3.8) is 0 Å². The van der Waals surface area contributed by atoms with Crippen molar-refractivity contribution in [1.82, 2.24) is 25.3 Å². The Morgan fingerprint density at radius 2 is 2.10 bits per heavy atom. The highest BCUT2D eigenvalue weighted by Gasteiger charge is 2.38. The molecule has 4 saturated heterocycles. The van der Waals surface area contributed by atoms with Crippen LogP contribution in [-0.2, 0) is 5.54 Å². The lowest BCUT2D eigenvalue weighted by molar-refractivity contribution is 0.00780. The fourth-order valence-electron chi connectivity index (χ4n) is 3.70. The molecule has 110 valence electrons. The SMILES string of the molecule is CC1(c2nc(C3CN4CCN3CC4)no2)CCCCN1. The molecule has 0 aromatic carbocycles. The molecule has 4 fully saturated rings. The average molecular weight is 277 g/mol. The second-order valence-corrected chi connectivity index (χ2v) is 6.53. The van der Waals surface area contributed by atoms with Crippen LogP contribution in [0.4, 0.5) is 0 Å². The first-order valence-corrected chi connectivity index (χ1v) is 7.80. The van der Waals surface area contributed by atoms with Crippen molar-refractivity contribution >= 4 is 0 Å². The highest BCUT2D eigenvalue weighted by atomic mass is 16.5. The van der Waals surface area contributed by atoms with Crippen molar-refractivity contribution < 1.29 is 4.52 Å². The highest BCUT2D eigenvalue weighted by Crippen LogP contribution is 2.31. The topological polar surface area (TPSA) is 57.4 Å². The summed E-state index contributed by atoms with van der Waals surface area (Å²) in [5.74, 6) is 1.64. The second-order valence-electron chi connectivity index (χ2n) is 6.53. The van der Waals surface area contributed by atoms with E-state index in [2.05, 4.69) is 27.2 Å². The van der Waals surface area contributed by atoms with E-state index in [1.807, 2.05) is 0 Å². The first-order valence-electron chi connectivity index (χ1n) is 7.80. The molecule has 6 heteroatoms. The zero-order valence-electron chi connectivity index (χ0n) is 12.1. The minimum atomic E-state index is -0.132. The van der Waals surface area contributed by atoms with Crippen LogP contribution in [0.2, 0.25) is 0 Å². The van der Waals surface area contributed by atoms with E-state index in [9.17, 15) is 0 Å². The molecule has 4 aliphatic rings. The minimum absolute atomic E-state index is 0.132. The molecule has 5 rings (SSSR count). The van der Waals surface area contributed by atoms with Crippen LogP contribution in [0.25, 0.3) is 0 Å². The number of nitrogens with one attached hydrogen (secondary N) is 1. The van der Waals surface area contributed by atoms with Crippen molar-refractivity contribution in [1.29, 1.82) is 0 Å². The van der Waals surface area contributed by atoms with Gasteiger partial charge in [0, 0.05) is 32.7 Å². The van der Waals surface area contributed by atoms with Gasteiger partial charge < -0.3 is 9.84 Å². The maximum absolute atomic E-state index is 5.60. The molecule has 2 bridgehead atoms. The summed E-state index contributed by atoms with van der Waals surface area (Å²) in [6.45, 7) is 8.88. The van der Waals surface area contributed by atoms with E-state index in [0.29, 0.717) is 6.04 Å². The zero-order valence-corrected chi connectivity index (χ0v) is 12.1. The Labute approximate surface area is 119 Å². The predicted molar refractivity (Wildman–Crippen MR) is 74.3 cm³/mol. The molecule has 6 nitrogen and oxygen atoms in total. The lowest BCUT2D eigenvalue weighted by Crippen LogP contribution is -2.57. The number of hydrogen-bond acceptors (Lipinski definition) is 6. The van der Waals surface area contributed by atoms with Gasteiger partial charge in [0.1, 0.15) is 0 Å². The summed E-state index contributed by atoms with van der Waals surface area (Å²) >= 11 is 0. The molecule has 2 atom stereocenters. The third-order valence-electron chi connectivity index (χ3n) is 5.11. The van der Waals surface area contributed by atoms with E-state index in [1.165, 1.54) is 25.9 Å². The number of nitrogens with zero attached hydrogens (tertiary/aromatic N) is 4. The zero-order chi connectivity index (χ0) is 13.6. The van der Waals surface area contributed by atoms with E-state index in [0.717, 1.165) is 44.3 Å². The van der Waals surface area contributed by atoms with Gasteiger partial charge in [-0.2, -0.15) is 4.98 Å². The molecule has 0 amide bonds. The van der Waals surface area contributed by atoms with Crippen molar-refractivity contribution in [3.05, 3.63) is 11.7 Å². The van der Waals surface area contributed by atoms with Crippen molar-refractivity contribution in [2.45, 2.75) is 37.8 Å². The molecule has 0 spiro atoms. The average Bonchev–Trinajstić information content (AvgIpc) is 3.00. The number of hydrogen-bond donors (Lipinski definition) is 1. The van der Waals surface area contributed by atoms with Crippen LogP contribution >= 0.6 is 0 Å². The third-order valence-corrected chi connectivity index (χ3v) is 5.11. The first-order chi connectivity index (χ1) is 9.74. The van der Waals surface area contributed by atoms with Crippen LogP contribution in [0.3, 0.4) is 0 Å². The highest BCUT2D eigenvalue weighted by molar-refractivity contribution is 5.07. The van der Waals surface area contributed by atoms with Crippen molar-refractivity contribution in [3.8, 4) is 0 Å². The van der Waals surface area contributed by atoms with E-state index in [4.69, 9.17) is 9.51 Å². The molecule has 1 N–H and O–H groups in total. The van der Waals surface area contributed by atoms with E-state index in [-0.39, 0.29) is 5.54 Å². The van der Waals surface area contributed by atoms with Gasteiger partial charge >= 0.3 is 0 Å². The largest absolute Gasteiger partial charge is 0.337 e. The van der Waals surface area contributed by atoms with Gasteiger partial charge in [-0.1, -0.05) is 5.16 Å². The monoisotopic (exact) mass is 277 g/mol. The van der Waals surface area contributed by atoms with Gasteiger partial charge in [-0.25, -0.2) is 0 Å². The predicted octanol–water partition coefficient (Wildman–Crippen LogP) is 0.731. The fraction of sp³-hybridized carbons (Fsp3) is 0.857. The lowest BCUT2D eigenvalue weighted by Gasteiger charge is -2.46. The lowest BCUT2D eigenvalue weighted by atomic mass is 9.91. The molecule has 1 aromatic heterocycles. The Balaban J connectivity index is 1.56. The van der Waals surface area contributed by atoms with Crippen LogP contribution in [0, 0.1) is 0 Å². The Morgan fingerprint density at radius 3 is 2.75 bits per heavy atom. The summed E-state index contributed by atoms with van der Waals surface area (Å²) in [5, 5.41) is 7.83. The summed E-state index contributed by atoms with van der Waals surface area (Å²) in [6, 6.07) is 0.321. The maximum atomic E-state index is 5.60. The van der Waals surface area contributed by atoms with E-state index in [1.54, 1.807) is 0 Å². The van der Waals surface area contributed by atoms with Gasteiger partial charge in [-0.15, -0.1) is 0 Å². The number of fused-ring (bicyclic) bond motifs is 3. The molecule has 0 saturated carbocycles. The van der Waals surface area contributed by atoms with Crippen LogP contribution in [0.5, 0.6) is 0 Å². The molecular formula is C14H23N5O. The molecule has 1 aromatic rings. The second kappa shape index (κ2) is 4.79. The summed E-state index contributed by atoms with van der Waals surface area (Å²) < 4.78 is 5.60. The number of piperazine rings is 3.